The van der Waals surface area contributed by atoms with Crippen molar-refractivity contribution in [1.82, 2.24) is 0 Å². The highest BCUT2D eigenvalue weighted by molar-refractivity contribution is 5.69. The van der Waals surface area contributed by atoms with Crippen molar-refractivity contribution in [3.8, 4) is 5.75 Å². The molecule has 94 valence electrons. The quantitative estimate of drug-likeness (QED) is 0.814. The largest absolute Gasteiger partial charge is 0.497 e. The van der Waals surface area contributed by atoms with E-state index in [1.54, 1.807) is 14.2 Å². The molecular weight excluding hydrogens is 216 g/mol. The summed E-state index contributed by atoms with van der Waals surface area (Å²) in [6, 6.07) is 5.77. The van der Waals surface area contributed by atoms with E-state index in [1.807, 2.05) is 18.2 Å². The van der Waals surface area contributed by atoms with Gasteiger partial charge in [-0.15, -0.1) is 0 Å². The molecular formula is C13H20N2O2. The Hall–Kier alpha value is -1.42. The number of nitrogen functional groups attached to an aromatic ring is 1. The zero-order valence-electron chi connectivity index (χ0n) is 10.5. The van der Waals surface area contributed by atoms with E-state index in [9.17, 15) is 0 Å². The second-order valence-corrected chi connectivity index (χ2v) is 4.37. The monoisotopic (exact) mass is 236 g/mol. The molecule has 1 fully saturated rings. The van der Waals surface area contributed by atoms with Crippen molar-refractivity contribution in [3.05, 3.63) is 18.2 Å². The predicted octanol–water partition coefficient (Wildman–Crippen LogP) is 1.89. The van der Waals surface area contributed by atoms with Crippen molar-refractivity contribution in [1.29, 1.82) is 0 Å². The van der Waals surface area contributed by atoms with Gasteiger partial charge in [0.05, 0.1) is 24.6 Å². The number of rotatable bonds is 3. The summed E-state index contributed by atoms with van der Waals surface area (Å²) in [6.07, 6.45) is 2.56. The summed E-state index contributed by atoms with van der Waals surface area (Å²) >= 11 is 0. The fraction of sp³-hybridized carbons (Fsp3) is 0.538. The molecule has 0 bridgehead atoms. The molecule has 0 spiro atoms. The molecule has 0 aromatic heterocycles. The van der Waals surface area contributed by atoms with E-state index in [0.717, 1.165) is 43.1 Å². The van der Waals surface area contributed by atoms with E-state index in [-0.39, 0.29) is 0 Å². The number of piperidine rings is 1. The van der Waals surface area contributed by atoms with Crippen LogP contribution in [0.5, 0.6) is 5.75 Å². The third-order valence-corrected chi connectivity index (χ3v) is 3.29. The maximum Gasteiger partial charge on any atom is 0.121 e. The van der Waals surface area contributed by atoms with Gasteiger partial charge in [-0.3, -0.25) is 0 Å². The zero-order chi connectivity index (χ0) is 12.3. The van der Waals surface area contributed by atoms with Crippen molar-refractivity contribution in [2.45, 2.75) is 18.9 Å². The van der Waals surface area contributed by atoms with Crippen LogP contribution in [-0.2, 0) is 4.74 Å². The summed E-state index contributed by atoms with van der Waals surface area (Å²) in [7, 11) is 3.44. The Bertz CT molecular complexity index is 382. The van der Waals surface area contributed by atoms with Gasteiger partial charge in [-0.1, -0.05) is 0 Å². The minimum Gasteiger partial charge on any atom is -0.497 e. The molecule has 1 aliphatic rings. The maximum atomic E-state index is 6.02. The second kappa shape index (κ2) is 5.27. The van der Waals surface area contributed by atoms with Crippen LogP contribution in [0.25, 0.3) is 0 Å². The molecule has 2 rings (SSSR count). The summed E-state index contributed by atoms with van der Waals surface area (Å²) in [4.78, 5) is 2.27. The molecule has 1 saturated heterocycles. The second-order valence-electron chi connectivity index (χ2n) is 4.37. The molecule has 4 nitrogen and oxygen atoms in total. The van der Waals surface area contributed by atoms with Crippen LogP contribution in [0, 0.1) is 0 Å². The van der Waals surface area contributed by atoms with E-state index in [4.69, 9.17) is 15.2 Å². The van der Waals surface area contributed by atoms with Crippen LogP contribution in [0.1, 0.15) is 12.8 Å². The third-order valence-electron chi connectivity index (χ3n) is 3.29. The Labute approximate surface area is 102 Å². The Morgan fingerprint density at radius 3 is 2.88 bits per heavy atom. The molecule has 1 atom stereocenters. The van der Waals surface area contributed by atoms with Gasteiger partial charge in [0.15, 0.2) is 0 Å². The molecule has 17 heavy (non-hydrogen) atoms. The summed E-state index contributed by atoms with van der Waals surface area (Å²) in [5.74, 6) is 0.841. The minimum atomic E-state index is 0.300. The van der Waals surface area contributed by atoms with E-state index < -0.39 is 0 Å². The Kier molecular flexibility index (Phi) is 3.74. The van der Waals surface area contributed by atoms with Gasteiger partial charge < -0.3 is 20.1 Å². The van der Waals surface area contributed by atoms with Crippen molar-refractivity contribution in [2.75, 3.05) is 37.9 Å². The van der Waals surface area contributed by atoms with Gasteiger partial charge in [0.1, 0.15) is 5.75 Å². The van der Waals surface area contributed by atoms with Crippen molar-refractivity contribution < 1.29 is 9.47 Å². The number of ether oxygens (including phenoxy) is 2. The first-order valence-corrected chi connectivity index (χ1v) is 5.96. The highest BCUT2D eigenvalue weighted by Crippen LogP contribution is 2.30. The minimum absolute atomic E-state index is 0.300. The molecule has 1 aromatic carbocycles. The number of benzene rings is 1. The molecule has 2 N–H and O–H groups in total. The normalized spacial score (nSPS) is 20.4. The van der Waals surface area contributed by atoms with Crippen LogP contribution in [0.15, 0.2) is 18.2 Å². The Balaban J connectivity index is 2.20. The Morgan fingerprint density at radius 1 is 1.35 bits per heavy atom. The number of hydrogen-bond acceptors (Lipinski definition) is 4. The summed E-state index contributed by atoms with van der Waals surface area (Å²) in [5, 5.41) is 0. The smallest absolute Gasteiger partial charge is 0.121 e. The molecule has 0 aliphatic carbocycles. The Morgan fingerprint density at radius 2 is 2.18 bits per heavy atom. The third kappa shape index (κ3) is 2.64. The SMILES string of the molecule is COc1ccc(N)c(N2CCCC(OC)C2)c1. The topological polar surface area (TPSA) is 47.7 Å². The van der Waals surface area contributed by atoms with Crippen molar-refractivity contribution in [3.63, 3.8) is 0 Å². The lowest BCUT2D eigenvalue weighted by Crippen LogP contribution is -2.39. The maximum absolute atomic E-state index is 6.02. The highest BCUT2D eigenvalue weighted by atomic mass is 16.5. The van der Waals surface area contributed by atoms with Gasteiger partial charge in [-0.2, -0.15) is 0 Å². The fourth-order valence-electron chi connectivity index (χ4n) is 2.27. The molecule has 1 unspecified atom stereocenters. The molecule has 0 radical (unpaired) electrons. The number of anilines is 2. The zero-order valence-corrected chi connectivity index (χ0v) is 10.5. The van der Waals surface area contributed by atoms with Crippen LogP contribution >= 0.6 is 0 Å². The number of nitrogens with two attached hydrogens (primary N) is 1. The molecule has 1 heterocycles. The first-order valence-electron chi connectivity index (χ1n) is 5.96. The first kappa shape index (κ1) is 12.0. The van der Waals surface area contributed by atoms with Gasteiger partial charge in [0.25, 0.3) is 0 Å². The number of nitrogens with zero attached hydrogens (tertiary/aromatic N) is 1. The summed E-state index contributed by atoms with van der Waals surface area (Å²) < 4.78 is 10.7. The van der Waals surface area contributed by atoms with Crippen molar-refractivity contribution in [2.24, 2.45) is 0 Å². The summed E-state index contributed by atoms with van der Waals surface area (Å²) in [6.45, 7) is 1.92. The van der Waals surface area contributed by atoms with Gasteiger partial charge in [0.2, 0.25) is 0 Å². The standard InChI is InChI=1S/C13H20N2O2/c1-16-10-5-6-12(14)13(8-10)15-7-3-4-11(9-15)17-2/h5-6,8,11H,3-4,7,9,14H2,1-2H3. The predicted molar refractivity (Wildman–Crippen MR) is 69.7 cm³/mol. The van der Waals surface area contributed by atoms with E-state index >= 15 is 0 Å². The van der Waals surface area contributed by atoms with Gasteiger partial charge in [-0.25, -0.2) is 0 Å². The molecule has 1 aromatic rings. The molecule has 4 heteroatoms. The first-order chi connectivity index (χ1) is 8.24. The van der Waals surface area contributed by atoms with Crippen LogP contribution in [-0.4, -0.2) is 33.4 Å². The van der Waals surface area contributed by atoms with Crippen LogP contribution in [0.4, 0.5) is 11.4 Å². The van der Waals surface area contributed by atoms with Crippen LogP contribution in [0.3, 0.4) is 0 Å². The molecule has 0 saturated carbocycles. The fourth-order valence-corrected chi connectivity index (χ4v) is 2.27. The lowest BCUT2D eigenvalue weighted by Gasteiger charge is -2.34. The average Bonchev–Trinajstić information content (AvgIpc) is 2.39. The van der Waals surface area contributed by atoms with Crippen LogP contribution in [0.2, 0.25) is 0 Å². The van der Waals surface area contributed by atoms with E-state index in [0.29, 0.717) is 6.10 Å². The number of hydrogen-bond donors (Lipinski definition) is 1. The van der Waals surface area contributed by atoms with Crippen LogP contribution < -0.4 is 15.4 Å². The van der Waals surface area contributed by atoms with Crippen molar-refractivity contribution >= 4 is 11.4 Å². The van der Waals surface area contributed by atoms with Gasteiger partial charge >= 0.3 is 0 Å². The molecule has 1 aliphatic heterocycles. The van der Waals surface area contributed by atoms with E-state index in [1.165, 1.54) is 0 Å². The summed E-state index contributed by atoms with van der Waals surface area (Å²) in [5.41, 5.74) is 7.87. The lowest BCUT2D eigenvalue weighted by molar-refractivity contribution is 0.0893. The average molecular weight is 236 g/mol. The highest BCUT2D eigenvalue weighted by Gasteiger charge is 2.21. The molecule has 0 amide bonds. The van der Waals surface area contributed by atoms with Gasteiger partial charge in [-0.05, 0) is 25.0 Å². The van der Waals surface area contributed by atoms with Gasteiger partial charge in [0, 0.05) is 26.3 Å². The van der Waals surface area contributed by atoms with E-state index in [2.05, 4.69) is 4.90 Å². The lowest BCUT2D eigenvalue weighted by atomic mass is 10.1. The number of methoxy groups -OCH3 is 2.